The van der Waals surface area contributed by atoms with Gasteiger partial charge in [-0.2, -0.15) is 0 Å². The molecule has 0 aliphatic heterocycles. The lowest BCUT2D eigenvalue weighted by atomic mass is 10.2. The van der Waals surface area contributed by atoms with Crippen LogP contribution in [0.1, 0.15) is 10.4 Å². The molecular weight excluding hydrogens is 240 g/mol. The van der Waals surface area contributed by atoms with Crippen LogP contribution in [0.25, 0.3) is 0 Å². The number of hydrogen-bond acceptors (Lipinski definition) is 6. The lowest BCUT2D eigenvalue weighted by Gasteiger charge is -2.02. The maximum atomic E-state index is 11.8. The monoisotopic (exact) mass is 248 g/mol. The van der Waals surface area contributed by atoms with E-state index in [4.69, 9.17) is 0 Å². The zero-order valence-corrected chi connectivity index (χ0v) is 9.27. The lowest BCUT2D eigenvalue weighted by Crippen LogP contribution is -2.15. The number of nitro benzene ring substituents is 1. The van der Waals surface area contributed by atoms with Crippen molar-refractivity contribution in [3.63, 3.8) is 0 Å². The third-order valence-electron chi connectivity index (χ3n) is 2.19. The Morgan fingerprint density at radius 3 is 2.56 bits per heavy atom. The predicted molar refractivity (Wildman–Crippen MR) is 59.8 cm³/mol. The molecular formula is C9H8N6O3. The molecule has 0 aliphatic carbocycles. The first-order chi connectivity index (χ1) is 8.58. The Morgan fingerprint density at radius 2 is 2.06 bits per heavy atom. The summed E-state index contributed by atoms with van der Waals surface area (Å²) in [4.78, 5) is 21.7. The van der Waals surface area contributed by atoms with E-state index in [0.29, 0.717) is 0 Å². The average molecular weight is 248 g/mol. The number of carbonyl (C=O) groups is 1. The van der Waals surface area contributed by atoms with Crippen LogP contribution in [0.5, 0.6) is 0 Å². The normalized spacial score (nSPS) is 10.1. The minimum atomic E-state index is -0.533. The summed E-state index contributed by atoms with van der Waals surface area (Å²) in [7, 11) is 1.57. The highest BCUT2D eigenvalue weighted by atomic mass is 16.6. The fourth-order valence-corrected chi connectivity index (χ4v) is 1.24. The molecule has 1 amide bonds. The fraction of sp³-hybridized carbons (Fsp3) is 0.111. The maximum absolute atomic E-state index is 11.8. The largest absolute Gasteiger partial charge is 0.289 e. The van der Waals surface area contributed by atoms with Crippen molar-refractivity contribution in [1.29, 1.82) is 0 Å². The highest BCUT2D eigenvalue weighted by Crippen LogP contribution is 2.12. The highest BCUT2D eigenvalue weighted by Gasteiger charge is 2.12. The summed E-state index contributed by atoms with van der Waals surface area (Å²) in [6.07, 6.45) is 0. The topological polar surface area (TPSA) is 116 Å². The maximum Gasteiger partial charge on any atom is 0.269 e. The molecule has 1 heterocycles. The van der Waals surface area contributed by atoms with E-state index in [1.54, 1.807) is 7.05 Å². The zero-order chi connectivity index (χ0) is 13.1. The number of rotatable bonds is 3. The summed E-state index contributed by atoms with van der Waals surface area (Å²) in [5.74, 6) is -0.249. The van der Waals surface area contributed by atoms with Gasteiger partial charge in [-0.25, -0.2) is 4.68 Å². The summed E-state index contributed by atoms with van der Waals surface area (Å²) in [5, 5.41) is 23.4. The number of nitrogens with zero attached hydrogens (tertiary/aromatic N) is 5. The molecule has 2 rings (SSSR count). The van der Waals surface area contributed by atoms with Gasteiger partial charge < -0.3 is 0 Å². The molecule has 9 nitrogen and oxygen atoms in total. The number of hydrogen-bond donors (Lipinski definition) is 1. The van der Waals surface area contributed by atoms with Gasteiger partial charge in [-0.05, 0) is 22.6 Å². The number of carbonyl (C=O) groups excluding carboxylic acids is 1. The molecule has 0 radical (unpaired) electrons. The molecule has 1 aromatic heterocycles. The minimum Gasteiger partial charge on any atom is -0.289 e. The summed E-state index contributed by atoms with van der Waals surface area (Å²) < 4.78 is 1.29. The number of tetrazole rings is 1. The summed E-state index contributed by atoms with van der Waals surface area (Å²) in [5.41, 5.74) is 0.204. The van der Waals surface area contributed by atoms with E-state index in [2.05, 4.69) is 20.8 Å². The van der Waals surface area contributed by atoms with Gasteiger partial charge in [-0.3, -0.25) is 20.2 Å². The molecule has 0 atom stereocenters. The molecule has 0 bridgehead atoms. The van der Waals surface area contributed by atoms with Gasteiger partial charge in [-0.15, -0.1) is 0 Å². The summed E-state index contributed by atoms with van der Waals surface area (Å²) in [6, 6.07) is 5.22. The van der Waals surface area contributed by atoms with E-state index in [1.165, 1.54) is 28.9 Å². The van der Waals surface area contributed by atoms with Crippen LogP contribution in [0.15, 0.2) is 24.3 Å². The third kappa shape index (κ3) is 2.29. The molecule has 0 aliphatic rings. The number of aromatic nitrogens is 4. The van der Waals surface area contributed by atoms with Crippen LogP contribution in [-0.2, 0) is 7.05 Å². The Morgan fingerprint density at radius 1 is 1.39 bits per heavy atom. The van der Waals surface area contributed by atoms with E-state index >= 15 is 0 Å². The molecule has 0 saturated heterocycles. The van der Waals surface area contributed by atoms with Crippen LogP contribution in [-0.4, -0.2) is 31.0 Å². The minimum absolute atomic E-state index is 0.0770. The van der Waals surface area contributed by atoms with E-state index in [9.17, 15) is 14.9 Å². The molecule has 92 valence electrons. The van der Waals surface area contributed by atoms with Crippen LogP contribution in [0, 0.1) is 10.1 Å². The predicted octanol–water partition coefficient (Wildman–Crippen LogP) is 0.371. The average Bonchev–Trinajstić information content (AvgIpc) is 2.75. The van der Waals surface area contributed by atoms with Gasteiger partial charge in [-0.1, -0.05) is 5.10 Å². The van der Waals surface area contributed by atoms with Gasteiger partial charge in [0.25, 0.3) is 11.6 Å². The highest BCUT2D eigenvalue weighted by molar-refractivity contribution is 6.03. The second-order valence-electron chi connectivity index (χ2n) is 3.38. The van der Waals surface area contributed by atoms with E-state index in [1.807, 2.05) is 0 Å². The molecule has 0 unspecified atom stereocenters. The fourth-order valence-electron chi connectivity index (χ4n) is 1.24. The van der Waals surface area contributed by atoms with Crippen LogP contribution in [0.2, 0.25) is 0 Å². The quantitative estimate of drug-likeness (QED) is 0.619. The number of benzene rings is 1. The van der Waals surface area contributed by atoms with Crippen LogP contribution < -0.4 is 5.32 Å². The van der Waals surface area contributed by atoms with E-state index in [0.717, 1.165) is 0 Å². The number of aryl methyl sites for hydroxylation is 1. The van der Waals surface area contributed by atoms with Crippen molar-refractivity contribution in [2.75, 3.05) is 5.32 Å². The summed E-state index contributed by atoms with van der Waals surface area (Å²) in [6.45, 7) is 0. The van der Waals surface area contributed by atoms with Crippen molar-refractivity contribution in [2.45, 2.75) is 0 Å². The van der Waals surface area contributed by atoms with Crippen LogP contribution >= 0.6 is 0 Å². The Balaban J connectivity index is 2.14. The van der Waals surface area contributed by atoms with E-state index < -0.39 is 10.8 Å². The van der Waals surface area contributed by atoms with Crippen molar-refractivity contribution in [3.8, 4) is 0 Å². The van der Waals surface area contributed by atoms with Gasteiger partial charge in [0.15, 0.2) is 0 Å². The molecule has 18 heavy (non-hydrogen) atoms. The Hall–Kier alpha value is -2.84. The second kappa shape index (κ2) is 4.57. The molecule has 0 fully saturated rings. The summed E-state index contributed by atoms with van der Waals surface area (Å²) >= 11 is 0. The number of anilines is 1. The van der Waals surface area contributed by atoms with Crippen molar-refractivity contribution < 1.29 is 9.72 Å². The van der Waals surface area contributed by atoms with Crippen LogP contribution in [0.3, 0.4) is 0 Å². The van der Waals surface area contributed by atoms with Crippen molar-refractivity contribution in [2.24, 2.45) is 7.05 Å². The molecule has 1 aromatic carbocycles. The second-order valence-corrected chi connectivity index (χ2v) is 3.38. The first kappa shape index (κ1) is 11.6. The smallest absolute Gasteiger partial charge is 0.269 e. The standard InChI is InChI=1S/C9H8N6O3/c1-14-9(11-12-13-14)10-8(16)6-2-4-7(5-3-6)15(17)18/h2-5H,1H3,(H,10,11,13,16). The lowest BCUT2D eigenvalue weighted by molar-refractivity contribution is -0.384. The molecule has 2 aromatic rings. The Kier molecular flexibility index (Phi) is 2.96. The van der Waals surface area contributed by atoms with Crippen molar-refractivity contribution in [3.05, 3.63) is 39.9 Å². The van der Waals surface area contributed by atoms with Crippen LogP contribution in [0.4, 0.5) is 11.6 Å². The number of nitro groups is 1. The molecule has 0 spiro atoms. The van der Waals surface area contributed by atoms with Gasteiger partial charge in [0.05, 0.1) is 4.92 Å². The zero-order valence-electron chi connectivity index (χ0n) is 9.27. The molecule has 1 N–H and O–H groups in total. The van der Waals surface area contributed by atoms with Gasteiger partial charge >= 0.3 is 0 Å². The SMILES string of the molecule is Cn1nnnc1NC(=O)c1ccc([N+](=O)[O-])cc1. The van der Waals surface area contributed by atoms with Crippen molar-refractivity contribution >= 4 is 17.5 Å². The van der Waals surface area contributed by atoms with E-state index in [-0.39, 0.29) is 17.2 Å². The van der Waals surface area contributed by atoms with Crippen molar-refractivity contribution in [1.82, 2.24) is 20.2 Å². The Bertz CT molecular complexity index is 591. The Labute approximate surface area is 101 Å². The van der Waals surface area contributed by atoms with Gasteiger partial charge in [0.1, 0.15) is 0 Å². The molecule has 9 heteroatoms. The third-order valence-corrected chi connectivity index (χ3v) is 2.19. The number of nitrogens with one attached hydrogen (secondary N) is 1. The number of non-ortho nitro benzene ring substituents is 1. The first-order valence-electron chi connectivity index (χ1n) is 4.86. The first-order valence-corrected chi connectivity index (χ1v) is 4.86. The number of amides is 1. The van der Waals surface area contributed by atoms with Gasteiger partial charge in [0.2, 0.25) is 5.95 Å². The van der Waals surface area contributed by atoms with Gasteiger partial charge in [0, 0.05) is 24.7 Å². The molecule has 0 saturated carbocycles.